The zero-order chi connectivity index (χ0) is 15.3. The molecule has 0 atom stereocenters. The molecule has 20 heavy (non-hydrogen) atoms. The Hall–Kier alpha value is -1.17. The Kier molecular flexibility index (Phi) is 5.92. The number of carbonyl (C=O) groups excluding carboxylic acids is 1. The van der Waals surface area contributed by atoms with Gasteiger partial charge in [-0.15, -0.1) is 0 Å². The molecule has 112 valence electrons. The normalized spacial score (nSPS) is 11.3. The molecule has 1 aromatic rings. The van der Waals surface area contributed by atoms with Crippen LogP contribution < -0.4 is 10.2 Å². The average molecular weight is 343 g/mol. The monoisotopic (exact) mass is 342 g/mol. The lowest BCUT2D eigenvalue weighted by Crippen LogP contribution is -2.37. The van der Waals surface area contributed by atoms with Crippen LogP contribution in [0.5, 0.6) is 0 Å². The van der Waals surface area contributed by atoms with E-state index in [4.69, 9.17) is 0 Å². The molecular formula is C14H23BrN4O. The predicted molar refractivity (Wildman–Crippen MR) is 85.0 cm³/mol. The van der Waals surface area contributed by atoms with E-state index in [9.17, 15) is 4.79 Å². The number of rotatable bonds is 5. The number of hydrogen-bond acceptors (Lipinski definition) is 4. The van der Waals surface area contributed by atoms with Gasteiger partial charge < -0.3 is 10.2 Å². The number of carbonyl (C=O) groups is 1. The van der Waals surface area contributed by atoms with Crippen molar-refractivity contribution in [3.8, 4) is 0 Å². The minimum Gasteiger partial charge on any atom is -0.355 e. The van der Waals surface area contributed by atoms with E-state index in [-0.39, 0.29) is 11.3 Å². The fourth-order valence-electron chi connectivity index (χ4n) is 1.68. The van der Waals surface area contributed by atoms with Gasteiger partial charge in [0.1, 0.15) is 16.2 Å². The van der Waals surface area contributed by atoms with Crippen LogP contribution in [0.3, 0.4) is 0 Å². The third kappa shape index (κ3) is 4.74. The molecule has 1 heterocycles. The predicted octanol–water partition coefficient (Wildman–Crippen LogP) is 2.50. The number of nitrogens with one attached hydrogen (secondary N) is 1. The summed E-state index contributed by atoms with van der Waals surface area (Å²) in [6.07, 6.45) is 0. The van der Waals surface area contributed by atoms with Gasteiger partial charge in [-0.3, -0.25) is 4.79 Å². The van der Waals surface area contributed by atoms with Gasteiger partial charge in [-0.05, 0) is 29.8 Å². The number of halogens is 1. The molecule has 1 rings (SSSR count). The van der Waals surface area contributed by atoms with E-state index in [1.165, 1.54) is 0 Å². The molecule has 0 aromatic carbocycles. The van der Waals surface area contributed by atoms with Crippen molar-refractivity contribution in [3.63, 3.8) is 0 Å². The van der Waals surface area contributed by atoms with Crippen molar-refractivity contribution in [2.75, 3.05) is 24.5 Å². The van der Waals surface area contributed by atoms with Gasteiger partial charge in [0.2, 0.25) is 5.91 Å². The molecule has 1 aromatic heterocycles. The minimum atomic E-state index is -0.135. The smallest absolute Gasteiger partial charge is 0.239 e. The Morgan fingerprint density at radius 3 is 2.50 bits per heavy atom. The van der Waals surface area contributed by atoms with Crippen molar-refractivity contribution in [2.24, 2.45) is 0 Å². The van der Waals surface area contributed by atoms with E-state index in [1.54, 1.807) is 0 Å². The first-order valence-electron chi connectivity index (χ1n) is 6.84. The summed E-state index contributed by atoms with van der Waals surface area (Å²) < 4.78 is 0.738. The molecule has 6 heteroatoms. The molecule has 0 aliphatic heterocycles. The summed E-state index contributed by atoms with van der Waals surface area (Å²) in [7, 11) is 0. The molecule has 1 N–H and O–H groups in total. The van der Waals surface area contributed by atoms with Crippen molar-refractivity contribution < 1.29 is 4.79 Å². The summed E-state index contributed by atoms with van der Waals surface area (Å²) in [5.74, 6) is 1.53. The van der Waals surface area contributed by atoms with Gasteiger partial charge in [-0.25, -0.2) is 9.97 Å². The molecule has 1 amide bonds. The number of nitrogens with zero attached hydrogens (tertiary/aromatic N) is 3. The highest BCUT2D eigenvalue weighted by atomic mass is 79.9. The van der Waals surface area contributed by atoms with E-state index < -0.39 is 0 Å². The fraction of sp³-hybridized carbons (Fsp3) is 0.643. The number of likely N-dealkylation sites (N-methyl/N-ethyl adjacent to an activating group) is 2. The summed E-state index contributed by atoms with van der Waals surface area (Å²) in [4.78, 5) is 22.7. The van der Waals surface area contributed by atoms with Crippen molar-refractivity contribution in [2.45, 2.75) is 40.0 Å². The Balaban J connectivity index is 3.03. The van der Waals surface area contributed by atoms with E-state index in [0.29, 0.717) is 19.6 Å². The van der Waals surface area contributed by atoms with Crippen LogP contribution >= 0.6 is 15.9 Å². The number of amides is 1. The van der Waals surface area contributed by atoms with Crippen molar-refractivity contribution in [3.05, 3.63) is 16.5 Å². The quantitative estimate of drug-likeness (QED) is 0.835. The van der Waals surface area contributed by atoms with Crippen LogP contribution in [0, 0.1) is 0 Å². The van der Waals surface area contributed by atoms with Gasteiger partial charge in [0.15, 0.2) is 0 Å². The van der Waals surface area contributed by atoms with Crippen LogP contribution in [0.4, 0.5) is 5.82 Å². The zero-order valence-electron chi connectivity index (χ0n) is 12.8. The molecule has 0 spiro atoms. The molecule has 0 saturated heterocycles. The first-order chi connectivity index (χ1) is 9.27. The van der Waals surface area contributed by atoms with Crippen LogP contribution in [0.15, 0.2) is 10.7 Å². The molecular weight excluding hydrogens is 320 g/mol. The molecule has 0 fully saturated rings. The largest absolute Gasteiger partial charge is 0.355 e. The second-order valence-electron chi connectivity index (χ2n) is 5.59. The van der Waals surface area contributed by atoms with E-state index in [0.717, 1.165) is 16.2 Å². The van der Waals surface area contributed by atoms with Gasteiger partial charge in [-0.1, -0.05) is 20.8 Å². The van der Waals surface area contributed by atoms with E-state index in [1.807, 2.05) is 24.8 Å². The molecule has 0 bridgehead atoms. The number of anilines is 1. The molecule has 0 saturated carbocycles. The molecule has 0 radical (unpaired) electrons. The highest BCUT2D eigenvalue weighted by Crippen LogP contribution is 2.24. The van der Waals surface area contributed by atoms with Crippen molar-refractivity contribution >= 4 is 27.7 Å². The fourth-order valence-corrected chi connectivity index (χ4v) is 2.06. The maximum absolute atomic E-state index is 11.7. The van der Waals surface area contributed by atoms with E-state index >= 15 is 0 Å². The minimum absolute atomic E-state index is 0.00129. The van der Waals surface area contributed by atoms with Crippen LogP contribution in [0.25, 0.3) is 0 Å². The summed E-state index contributed by atoms with van der Waals surface area (Å²) in [6.45, 7) is 11.8. The Bertz CT molecular complexity index is 471. The first kappa shape index (κ1) is 16.9. The lowest BCUT2D eigenvalue weighted by molar-refractivity contribution is -0.119. The standard InChI is InChI=1S/C14H23BrN4O/c1-6-16-12(20)9-19(7-2)11-8-10(15)17-13(18-11)14(3,4)5/h8H,6-7,9H2,1-5H3,(H,16,20). The lowest BCUT2D eigenvalue weighted by atomic mass is 9.96. The second kappa shape index (κ2) is 7.02. The van der Waals surface area contributed by atoms with Crippen LogP contribution in [-0.2, 0) is 10.2 Å². The highest BCUT2D eigenvalue weighted by molar-refractivity contribution is 9.10. The third-order valence-corrected chi connectivity index (χ3v) is 3.17. The topological polar surface area (TPSA) is 58.1 Å². The lowest BCUT2D eigenvalue weighted by Gasteiger charge is -2.24. The summed E-state index contributed by atoms with van der Waals surface area (Å²) in [5, 5.41) is 2.80. The molecule has 0 unspecified atom stereocenters. The van der Waals surface area contributed by atoms with Gasteiger partial charge in [0, 0.05) is 24.6 Å². The summed E-state index contributed by atoms with van der Waals surface area (Å²) >= 11 is 3.42. The van der Waals surface area contributed by atoms with Crippen molar-refractivity contribution in [1.82, 2.24) is 15.3 Å². The summed E-state index contributed by atoms with van der Waals surface area (Å²) in [6, 6.07) is 1.85. The van der Waals surface area contributed by atoms with Crippen LogP contribution in [-0.4, -0.2) is 35.5 Å². The molecule has 0 aliphatic carbocycles. The summed E-state index contributed by atoms with van der Waals surface area (Å²) in [5.41, 5.74) is -0.135. The maximum atomic E-state index is 11.7. The van der Waals surface area contributed by atoms with Crippen molar-refractivity contribution in [1.29, 1.82) is 0 Å². The molecule has 5 nitrogen and oxygen atoms in total. The Morgan fingerprint density at radius 2 is 2.00 bits per heavy atom. The van der Waals surface area contributed by atoms with Crippen LogP contribution in [0.2, 0.25) is 0 Å². The highest BCUT2D eigenvalue weighted by Gasteiger charge is 2.20. The Morgan fingerprint density at radius 1 is 1.35 bits per heavy atom. The maximum Gasteiger partial charge on any atom is 0.239 e. The van der Waals surface area contributed by atoms with Gasteiger partial charge in [0.05, 0.1) is 6.54 Å². The molecule has 0 aliphatic rings. The Labute approximate surface area is 129 Å². The van der Waals surface area contributed by atoms with Gasteiger partial charge >= 0.3 is 0 Å². The first-order valence-corrected chi connectivity index (χ1v) is 7.64. The average Bonchev–Trinajstić information content (AvgIpc) is 2.34. The van der Waals surface area contributed by atoms with Crippen LogP contribution in [0.1, 0.15) is 40.4 Å². The van der Waals surface area contributed by atoms with Gasteiger partial charge in [0.25, 0.3) is 0 Å². The SMILES string of the molecule is CCNC(=O)CN(CC)c1cc(Br)nc(C(C)(C)C)n1. The zero-order valence-corrected chi connectivity index (χ0v) is 14.4. The van der Waals surface area contributed by atoms with E-state index in [2.05, 4.69) is 52.0 Å². The second-order valence-corrected chi connectivity index (χ2v) is 6.40. The number of aromatic nitrogens is 2. The van der Waals surface area contributed by atoms with Gasteiger partial charge in [-0.2, -0.15) is 0 Å². The third-order valence-electron chi connectivity index (χ3n) is 2.77. The number of hydrogen-bond donors (Lipinski definition) is 1.